The van der Waals surface area contributed by atoms with Crippen molar-refractivity contribution in [1.29, 1.82) is 0 Å². The van der Waals surface area contributed by atoms with E-state index in [1.807, 2.05) is 30.3 Å². The van der Waals surface area contributed by atoms with Crippen molar-refractivity contribution < 1.29 is 12.8 Å². The molecule has 0 amide bonds. The molecule has 0 atom stereocenters. The summed E-state index contributed by atoms with van der Waals surface area (Å²) in [5, 5.41) is 0.947. The molecule has 0 bridgehead atoms. The molecule has 174 valence electrons. The summed E-state index contributed by atoms with van der Waals surface area (Å²) in [5.74, 6) is -0.0708. The number of hydrogen-bond acceptors (Lipinski definition) is 5. The van der Waals surface area contributed by atoms with Crippen molar-refractivity contribution in [2.24, 2.45) is 0 Å². The zero-order chi connectivity index (χ0) is 24.6. The average molecular weight is 523 g/mol. The highest BCUT2D eigenvalue weighted by atomic mass is 35.5. The number of hydrogen-bond donors (Lipinski definition) is 1. The van der Waals surface area contributed by atoms with Gasteiger partial charge in [-0.15, -0.1) is 0 Å². The van der Waals surface area contributed by atoms with Crippen LogP contribution in [0.25, 0.3) is 33.5 Å². The number of nitrogens with zero attached hydrogens (tertiary/aromatic N) is 1. The fourth-order valence-electron chi connectivity index (χ4n) is 3.61. The number of anilines is 1. The second-order valence-electron chi connectivity index (χ2n) is 7.65. The van der Waals surface area contributed by atoms with Crippen LogP contribution < -0.4 is 10.3 Å². The first-order chi connectivity index (χ1) is 16.8. The van der Waals surface area contributed by atoms with E-state index >= 15 is 0 Å². The van der Waals surface area contributed by atoms with Crippen LogP contribution in [0.15, 0.2) is 105 Å². The summed E-state index contributed by atoms with van der Waals surface area (Å²) in [6.07, 6.45) is 0. The molecule has 9 heteroatoms. The second-order valence-corrected chi connectivity index (χ2v) is 10.2. The van der Waals surface area contributed by atoms with Gasteiger partial charge in [0.05, 0.1) is 27.0 Å². The molecule has 1 heterocycles. The summed E-state index contributed by atoms with van der Waals surface area (Å²) in [6, 6.07) is 25.2. The zero-order valence-corrected chi connectivity index (χ0v) is 20.2. The molecule has 0 aliphatic heterocycles. The van der Waals surface area contributed by atoms with Crippen LogP contribution in [0.1, 0.15) is 0 Å². The molecule has 1 N–H and O–H groups in total. The molecule has 4 aromatic carbocycles. The van der Waals surface area contributed by atoms with Gasteiger partial charge in [-0.1, -0.05) is 65.7 Å². The van der Waals surface area contributed by atoms with E-state index in [0.717, 1.165) is 11.1 Å². The minimum absolute atomic E-state index is 0.0582. The van der Waals surface area contributed by atoms with Gasteiger partial charge in [0.25, 0.3) is 10.0 Å². The van der Waals surface area contributed by atoms with Crippen molar-refractivity contribution in [2.75, 3.05) is 4.72 Å². The Morgan fingerprint density at radius 3 is 2.17 bits per heavy atom. The molecule has 35 heavy (non-hydrogen) atoms. The maximum absolute atomic E-state index is 13.2. The van der Waals surface area contributed by atoms with E-state index in [-0.39, 0.29) is 32.4 Å². The number of benzene rings is 4. The molecule has 5 aromatic rings. The molecular formula is C26H16Cl2N2O4S. The summed E-state index contributed by atoms with van der Waals surface area (Å²) >= 11 is 12.2. The van der Waals surface area contributed by atoms with Crippen LogP contribution >= 0.6 is 23.2 Å². The third-order valence-corrected chi connectivity index (χ3v) is 7.17. The van der Waals surface area contributed by atoms with Gasteiger partial charge in [0.2, 0.25) is 5.89 Å². The lowest BCUT2D eigenvalue weighted by Gasteiger charge is -2.13. The zero-order valence-electron chi connectivity index (χ0n) is 17.9. The average Bonchev–Trinajstić information content (AvgIpc) is 2.84. The highest BCUT2D eigenvalue weighted by molar-refractivity contribution is 7.92. The standard InChI is InChI=1S/C26H16Cl2N2O4S/c27-18-9-13-22-23(14-18)29-25(34-26(22)31)21-12-8-19(28)15-24(21)30-35(32,33)20-10-6-17(7-11-20)16-4-2-1-3-5-16/h1-15,30H. The van der Waals surface area contributed by atoms with Crippen LogP contribution in [0.5, 0.6) is 0 Å². The summed E-state index contributed by atoms with van der Waals surface area (Å²) in [7, 11) is -4.00. The molecule has 0 saturated carbocycles. The van der Waals surface area contributed by atoms with E-state index in [1.54, 1.807) is 24.3 Å². The normalized spacial score (nSPS) is 11.5. The van der Waals surface area contributed by atoms with Crippen LogP contribution in [0.3, 0.4) is 0 Å². The van der Waals surface area contributed by atoms with Crippen molar-refractivity contribution >= 4 is 49.8 Å². The fraction of sp³-hybridized carbons (Fsp3) is 0. The Hall–Kier alpha value is -3.65. The van der Waals surface area contributed by atoms with E-state index < -0.39 is 15.6 Å². The van der Waals surface area contributed by atoms with Gasteiger partial charge < -0.3 is 4.42 Å². The predicted molar refractivity (Wildman–Crippen MR) is 138 cm³/mol. The van der Waals surface area contributed by atoms with Crippen molar-refractivity contribution in [2.45, 2.75) is 4.90 Å². The van der Waals surface area contributed by atoms with E-state index in [4.69, 9.17) is 27.6 Å². The van der Waals surface area contributed by atoms with Crippen LogP contribution in [-0.4, -0.2) is 13.4 Å². The van der Waals surface area contributed by atoms with Crippen molar-refractivity contribution in [1.82, 2.24) is 4.98 Å². The Morgan fingerprint density at radius 2 is 1.43 bits per heavy atom. The van der Waals surface area contributed by atoms with Gasteiger partial charge in [0.15, 0.2) is 0 Å². The SMILES string of the molecule is O=c1oc(-c2ccc(Cl)cc2NS(=O)(=O)c2ccc(-c3ccccc3)cc2)nc2cc(Cl)ccc12. The summed E-state index contributed by atoms with van der Waals surface area (Å²) in [4.78, 5) is 16.9. The third kappa shape index (κ3) is 4.79. The minimum atomic E-state index is -4.00. The molecular weight excluding hydrogens is 507 g/mol. The highest BCUT2D eigenvalue weighted by Gasteiger charge is 2.20. The molecule has 0 aliphatic carbocycles. The number of aromatic nitrogens is 1. The van der Waals surface area contributed by atoms with Gasteiger partial charge in [0, 0.05) is 10.0 Å². The molecule has 0 saturated heterocycles. The van der Waals surface area contributed by atoms with Gasteiger partial charge >= 0.3 is 5.63 Å². The summed E-state index contributed by atoms with van der Waals surface area (Å²) in [5.41, 5.74) is 1.92. The largest absolute Gasteiger partial charge is 0.403 e. The quantitative estimate of drug-likeness (QED) is 0.279. The minimum Gasteiger partial charge on any atom is -0.403 e. The number of rotatable bonds is 5. The number of fused-ring (bicyclic) bond motifs is 1. The van der Waals surface area contributed by atoms with Gasteiger partial charge in [0.1, 0.15) is 0 Å². The number of nitrogens with one attached hydrogen (secondary N) is 1. The lowest BCUT2D eigenvalue weighted by molar-refractivity contribution is 0.518. The van der Waals surface area contributed by atoms with E-state index in [9.17, 15) is 13.2 Å². The monoisotopic (exact) mass is 522 g/mol. The molecule has 0 radical (unpaired) electrons. The molecule has 0 aliphatic rings. The van der Waals surface area contributed by atoms with Gasteiger partial charge in [-0.25, -0.2) is 18.2 Å². The Bertz CT molecular complexity index is 1720. The first-order valence-corrected chi connectivity index (χ1v) is 12.6. The van der Waals surface area contributed by atoms with Gasteiger partial charge in [-0.05, 0) is 59.7 Å². The van der Waals surface area contributed by atoms with Crippen LogP contribution in [0.2, 0.25) is 10.0 Å². The molecule has 6 nitrogen and oxygen atoms in total. The highest BCUT2D eigenvalue weighted by Crippen LogP contribution is 2.32. The lowest BCUT2D eigenvalue weighted by Crippen LogP contribution is -2.14. The Morgan fingerprint density at radius 1 is 0.771 bits per heavy atom. The third-order valence-electron chi connectivity index (χ3n) is 5.32. The van der Waals surface area contributed by atoms with Crippen molar-refractivity contribution in [3.8, 4) is 22.6 Å². The molecule has 0 fully saturated rings. The first kappa shape index (κ1) is 23.1. The maximum atomic E-state index is 13.2. The van der Waals surface area contributed by atoms with Crippen LogP contribution in [-0.2, 0) is 10.0 Å². The topological polar surface area (TPSA) is 89.3 Å². The predicted octanol–water partition coefficient (Wildman–Crippen LogP) is 6.63. The summed E-state index contributed by atoms with van der Waals surface area (Å²) in [6.45, 7) is 0. The first-order valence-electron chi connectivity index (χ1n) is 10.4. The number of halogens is 2. The van der Waals surface area contributed by atoms with Gasteiger partial charge in [-0.2, -0.15) is 0 Å². The smallest absolute Gasteiger partial charge is 0.347 e. The van der Waals surface area contributed by atoms with Crippen molar-refractivity contribution in [3.63, 3.8) is 0 Å². The molecule has 0 spiro atoms. The molecule has 0 unspecified atom stereocenters. The molecule has 1 aromatic heterocycles. The van der Waals surface area contributed by atoms with E-state index in [2.05, 4.69) is 9.71 Å². The van der Waals surface area contributed by atoms with Crippen LogP contribution in [0, 0.1) is 0 Å². The maximum Gasteiger partial charge on any atom is 0.347 e. The Labute approximate surface area is 210 Å². The van der Waals surface area contributed by atoms with Crippen LogP contribution in [0.4, 0.5) is 5.69 Å². The number of sulfonamides is 1. The molecule has 5 rings (SSSR count). The summed E-state index contributed by atoms with van der Waals surface area (Å²) < 4.78 is 34.3. The van der Waals surface area contributed by atoms with E-state index in [0.29, 0.717) is 10.5 Å². The second kappa shape index (κ2) is 9.19. The Kier molecular flexibility index (Phi) is 6.06. The fourth-order valence-corrected chi connectivity index (χ4v) is 5.02. The Balaban J connectivity index is 1.53. The lowest BCUT2D eigenvalue weighted by atomic mass is 10.1. The van der Waals surface area contributed by atoms with Crippen molar-refractivity contribution in [3.05, 3.63) is 111 Å². The van der Waals surface area contributed by atoms with E-state index in [1.165, 1.54) is 36.4 Å². The van der Waals surface area contributed by atoms with Gasteiger partial charge in [-0.3, -0.25) is 4.72 Å².